The average Bonchev–Trinajstić information content (AvgIpc) is 3.56. The minimum Gasteiger partial charge on any atom is -0.493 e. The zero-order chi connectivity index (χ0) is 21.5. The van der Waals surface area contributed by atoms with Gasteiger partial charge in [0.1, 0.15) is 34.9 Å². The molecule has 0 amide bonds. The minimum atomic E-state index is -1.03. The SMILES string of the molecule is F[C@H]1CNCC[C@@H]1Oc1cccc2ccc(-c3cnc4cc(OCC5CC5)ccn34)nc12. The second kappa shape index (κ2) is 8.06. The summed E-state index contributed by atoms with van der Waals surface area (Å²) in [5, 5.41) is 4.02. The quantitative estimate of drug-likeness (QED) is 0.489. The van der Waals surface area contributed by atoms with E-state index in [0.29, 0.717) is 24.6 Å². The summed E-state index contributed by atoms with van der Waals surface area (Å²) >= 11 is 0. The summed E-state index contributed by atoms with van der Waals surface area (Å²) in [7, 11) is 0. The lowest BCUT2D eigenvalue weighted by molar-refractivity contribution is 0.0743. The Bertz CT molecular complexity index is 1270. The second-order valence-corrected chi connectivity index (χ2v) is 8.68. The Morgan fingerprint density at radius 1 is 1.12 bits per heavy atom. The van der Waals surface area contributed by atoms with Crippen molar-refractivity contribution in [2.24, 2.45) is 5.92 Å². The number of alkyl halides is 1. The van der Waals surface area contributed by atoms with Gasteiger partial charge in [-0.1, -0.05) is 18.2 Å². The minimum absolute atomic E-state index is 0.322. The molecule has 164 valence electrons. The molecule has 1 saturated carbocycles. The maximum Gasteiger partial charge on any atom is 0.149 e. The van der Waals surface area contributed by atoms with E-state index in [2.05, 4.69) is 10.3 Å². The fourth-order valence-corrected chi connectivity index (χ4v) is 4.19. The molecule has 2 aliphatic rings. The van der Waals surface area contributed by atoms with Gasteiger partial charge in [-0.15, -0.1) is 0 Å². The number of fused-ring (bicyclic) bond motifs is 2. The van der Waals surface area contributed by atoms with Crippen LogP contribution in [0.2, 0.25) is 0 Å². The highest BCUT2D eigenvalue weighted by Crippen LogP contribution is 2.31. The van der Waals surface area contributed by atoms with E-state index in [1.807, 2.05) is 59.3 Å². The van der Waals surface area contributed by atoms with E-state index in [1.165, 1.54) is 12.8 Å². The molecule has 2 fully saturated rings. The number of nitrogens with one attached hydrogen (secondary N) is 1. The van der Waals surface area contributed by atoms with Crippen molar-refractivity contribution >= 4 is 16.6 Å². The molecule has 1 saturated heterocycles. The molecule has 0 radical (unpaired) electrons. The molecule has 1 aliphatic carbocycles. The van der Waals surface area contributed by atoms with Gasteiger partial charge in [0.2, 0.25) is 0 Å². The molecule has 4 heterocycles. The molecule has 32 heavy (non-hydrogen) atoms. The Morgan fingerprint density at radius 3 is 2.94 bits per heavy atom. The van der Waals surface area contributed by atoms with Gasteiger partial charge < -0.3 is 14.8 Å². The molecule has 4 aromatic rings. The third-order valence-electron chi connectivity index (χ3n) is 6.24. The number of piperidine rings is 1. The van der Waals surface area contributed by atoms with Crippen LogP contribution < -0.4 is 14.8 Å². The van der Waals surface area contributed by atoms with Crippen molar-refractivity contribution in [1.82, 2.24) is 19.7 Å². The van der Waals surface area contributed by atoms with Crippen molar-refractivity contribution in [2.75, 3.05) is 19.7 Å². The van der Waals surface area contributed by atoms with Crippen LogP contribution in [0.15, 0.2) is 54.9 Å². The summed E-state index contributed by atoms with van der Waals surface area (Å²) in [6, 6.07) is 13.7. The van der Waals surface area contributed by atoms with Gasteiger partial charge in [0, 0.05) is 24.2 Å². The highest BCUT2D eigenvalue weighted by atomic mass is 19.1. The van der Waals surface area contributed by atoms with Crippen LogP contribution in [0.5, 0.6) is 11.5 Å². The molecule has 1 aliphatic heterocycles. The van der Waals surface area contributed by atoms with Crippen molar-refractivity contribution in [1.29, 1.82) is 0 Å². The van der Waals surface area contributed by atoms with Gasteiger partial charge in [0.15, 0.2) is 0 Å². The standard InChI is InChI=1S/C25H25FN4O2/c26-19-13-27-10-8-22(19)32-23-3-1-2-17-6-7-20(29-25(17)23)21-14-28-24-12-18(9-11-30(21)24)31-15-16-4-5-16/h1-3,6-7,9,11-12,14,16,19,22,27H,4-5,8,10,13,15H2/t19-,22-/m0/s1. The van der Waals surface area contributed by atoms with Gasteiger partial charge in [-0.3, -0.25) is 4.40 Å². The lowest BCUT2D eigenvalue weighted by Crippen LogP contribution is -2.44. The first-order valence-electron chi connectivity index (χ1n) is 11.3. The third kappa shape index (κ3) is 3.77. The largest absolute Gasteiger partial charge is 0.493 e. The Labute approximate surface area is 185 Å². The normalized spacial score (nSPS) is 21.2. The third-order valence-corrected chi connectivity index (χ3v) is 6.24. The lowest BCUT2D eigenvalue weighted by Gasteiger charge is -2.27. The van der Waals surface area contributed by atoms with Gasteiger partial charge in [0.05, 0.1) is 24.2 Å². The molecule has 0 bridgehead atoms. The summed E-state index contributed by atoms with van der Waals surface area (Å²) in [5.74, 6) is 2.16. The maximum absolute atomic E-state index is 14.3. The Morgan fingerprint density at radius 2 is 2.06 bits per heavy atom. The van der Waals surface area contributed by atoms with Crippen LogP contribution in [-0.2, 0) is 0 Å². The highest BCUT2D eigenvalue weighted by molar-refractivity contribution is 5.86. The van der Waals surface area contributed by atoms with Crippen LogP contribution in [0.4, 0.5) is 4.39 Å². The van der Waals surface area contributed by atoms with Gasteiger partial charge in [-0.05, 0) is 49.9 Å². The van der Waals surface area contributed by atoms with Crippen LogP contribution in [-0.4, -0.2) is 46.3 Å². The predicted octanol–water partition coefficient (Wildman–Crippen LogP) is 4.42. The van der Waals surface area contributed by atoms with E-state index >= 15 is 0 Å². The molecule has 0 spiro atoms. The van der Waals surface area contributed by atoms with E-state index in [9.17, 15) is 4.39 Å². The monoisotopic (exact) mass is 432 g/mol. The smallest absolute Gasteiger partial charge is 0.149 e. The number of nitrogens with zero attached hydrogens (tertiary/aromatic N) is 3. The van der Waals surface area contributed by atoms with Crippen LogP contribution in [0.25, 0.3) is 27.9 Å². The van der Waals surface area contributed by atoms with Crippen LogP contribution >= 0.6 is 0 Å². The van der Waals surface area contributed by atoms with Crippen molar-refractivity contribution in [3.05, 3.63) is 54.9 Å². The zero-order valence-corrected chi connectivity index (χ0v) is 17.7. The van der Waals surface area contributed by atoms with Gasteiger partial charge in [-0.25, -0.2) is 14.4 Å². The highest BCUT2D eigenvalue weighted by Gasteiger charge is 2.27. The first-order valence-corrected chi connectivity index (χ1v) is 11.3. The topological polar surface area (TPSA) is 60.7 Å². The molecule has 6 nitrogen and oxygen atoms in total. The zero-order valence-electron chi connectivity index (χ0n) is 17.7. The van der Waals surface area contributed by atoms with E-state index in [1.54, 1.807) is 0 Å². The fraction of sp³-hybridized carbons (Fsp3) is 0.360. The second-order valence-electron chi connectivity index (χ2n) is 8.68. The first-order chi connectivity index (χ1) is 15.7. The molecule has 7 heteroatoms. The summed E-state index contributed by atoms with van der Waals surface area (Å²) in [4.78, 5) is 9.45. The van der Waals surface area contributed by atoms with Crippen molar-refractivity contribution < 1.29 is 13.9 Å². The number of pyridine rings is 2. The van der Waals surface area contributed by atoms with Crippen LogP contribution in [0, 0.1) is 5.92 Å². The molecule has 0 unspecified atom stereocenters. The van der Waals surface area contributed by atoms with E-state index in [-0.39, 0.29) is 0 Å². The van der Waals surface area contributed by atoms with E-state index in [0.717, 1.165) is 46.8 Å². The molecule has 6 rings (SSSR count). The Kier molecular flexibility index (Phi) is 4.91. The fourth-order valence-electron chi connectivity index (χ4n) is 4.19. The number of ether oxygens (including phenoxy) is 2. The number of hydrogen-bond donors (Lipinski definition) is 1. The summed E-state index contributed by atoms with van der Waals surface area (Å²) in [6.45, 7) is 1.85. The Balaban J connectivity index is 1.33. The van der Waals surface area contributed by atoms with Gasteiger partial charge in [0.25, 0.3) is 0 Å². The van der Waals surface area contributed by atoms with Crippen molar-refractivity contribution in [3.63, 3.8) is 0 Å². The molecule has 1 N–H and O–H groups in total. The lowest BCUT2D eigenvalue weighted by atomic mass is 10.1. The molecular formula is C25H25FN4O2. The number of aromatic nitrogens is 3. The number of benzene rings is 1. The van der Waals surface area contributed by atoms with Crippen LogP contribution in [0.3, 0.4) is 0 Å². The number of halogens is 1. The van der Waals surface area contributed by atoms with Crippen molar-refractivity contribution in [2.45, 2.75) is 31.5 Å². The maximum atomic E-state index is 14.3. The molecule has 3 aromatic heterocycles. The first kappa shape index (κ1) is 19.5. The molecule has 2 atom stereocenters. The van der Waals surface area contributed by atoms with Gasteiger partial charge >= 0.3 is 0 Å². The molecular weight excluding hydrogens is 407 g/mol. The Hall–Kier alpha value is -3.19. The molecule has 1 aromatic carbocycles. The number of imidazole rings is 1. The number of para-hydroxylation sites is 1. The van der Waals surface area contributed by atoms with Crippen LogP contribution in [0.1, 0.15) is 19.3 Å². The summed E-state index contributed by atoms with van der Waals surface area (Å²) < 4.78 is 28.3. The average molecular weight is 432 g/mol. The van der Waals surface area contributed by atoms with Crippen molar-refractivity contribution in [3.8, 4) is 22.9 Å². The summed E-state index contributed by atoms with van der Waals surface area (Å²) in [5.41, 5.74) is 3.22. The van der Waals surface area contributed by atoms with E-state index in [4.69, 9.17) is 14.5 Å². The summed E-state index contributed by atoms with van der Waals surface area (Å²) in [6.07, 6.45) is 5.46. The van der Waals surface area contributed by atoms with Gasteiger partial charge in [-0.2, -0.15) is 0 Å². The van der Waals surface area contributed by atoms with E-state index < -0.39 is 12.3 Å². The number of rotatable bonds is 6. The predicted molar refractivity (Wildman–Crippen MR) is 121 cm³/mol. The number of hydrogen-bond acceptors (Lipinski definition) is 5.